The van der Waals surface area contributed by atoms with E-state index in [2.05, 4.69) is 0 Å². The highest BCUT2D eigenvalue weighted by molar-refractivity contribution is 7.87. The molecule has 0 radical (unpaired) electrons. The molecule has 0 rings (SSSR count). The van der Waals surface area contributed by atoms with Crippen LogP contribution >= 0.6 is 0 Å². The van der Waals surface area contributed by atoms with Crippen molar-refractivity contribution in [3.05, 3.63) is 0 Å². The summed E-state index contributed by atoms with van der Waals surface area (Å²) in [6.45, 7) is 0. The van der Waals surface area contributed by atoms with E-state index in [0.717, 1.165) is 4.74 Å². The van der Waals surface area contributed by atoms with E-state index < -0.39 is 98.9 Å². The van der Waals surface area contributed by atoms with E-state index in [1.54, 1.807) is 0 Å². The Labute approximate surface area is 254 Å². The molecule has 0 saturated heterocycles. The summed E-state index contributed by atoms with van der Waals surface area (Å²) in [6.07, 6.45) is -16.0. The Balaban J connectivity index is 7.68. The highest BCUT2D eigenvalue weighted by Crippen LogP contribution is 2.69. The zero-order valence-electron chi connectivity index (χ0n) is 21.3. The number of ether oxygens (including phenoxy) is 1. The van der Waals surface area contributed by atoms with Crippen molar-refractivity contribution >= 4 is 10.1 Å². The summed E-state index contributed by atoms with van der Waals surface area (Å²) >= 11 is 0. The highest BCUT2D eigenvalue weighted by atomic mass is 32.2. The fourth-order valence-corrected chi connectivity index (χ4v) is 3.16. The molecule has 0 amide bonds. The van der Waals surface area contributed by atoms with Gasteiger partial charge in [0.25, 0.3) is 0 Å². The minimum atomic E-state index is -10.2. The van der Waals surface area contributed by atoms with Crippen molar-refractivity contribution in [3.63, 3.8) is 0 Å². The molecular weight excluding hydrogens is 865 g/mol. The molecular formula is C15HF31O4S. The quantitative estimate of drug-likeness (QED) is 0.132. The monoisotopic (exact) mass is 866 g/mol. The topological polar surface area (TPSA) is 63.6 Å². The highest BCUT2D eigenvalue weighted by Gasteiger charge is 3.01. The van der Waals surface area contributed by atoms with Gasteiger partial charge in [-0.05, 0) is 0 Å². The Bertz CT molecular complexity index is 1400. The van der Waals surface area contributed by atoms with E-state index in [-0.39, 0.29) is 0 Å². The van der Waals surface area contributed by atoms with Crippen LogP contribution in [0.4, 0.5) is 136 Å². The first-order valence-electron chi connectivity index (χ1n) is 10.2. The molecule has 0 aromatic heterocycles. The predicted octanol–water partition coefficient (Wildman–Crippen LogP) is 9.22. The summed E-state index contributed by atoms with van der Waals surface area (Å²) in [5.74, 6) is -118. The standard InChI is InChI=1S/C15HF31O4S/c16-1(17,3(20,21)5(24,25)7(28,29)9(32,33)11(36,37)13(40,41)50-15(44,45)46)2(18,19)4(22,23)6(26,27)8(30,31)10(34,35)12(38,39)14(42,43)51(47,48)49/h(H,47,48,49). The zero-order chi connectivity index (χ0) is 42.7. The molecule has 0 aromatic carbocycles. The van der Waals surface area contributed by atoms with Gasteiger partial charge in [-0.3, -0.25) is 4.55 Å². The molecule has 308 valence electrons. The fraction of sp³-hybridized carbons (Fsp3) is 1.00. The van der Waals surface area contributed by atoms with Gasteiger partial charge in [-0.2, -0.15) is 131 Å². The summed E-state index contributed by atoms with van der Waals surface area (Å²) in [6, 6.07) is 0. The molecule has 0 fully saturated rings. The van der Waals surface area contributed by atoms with Gasteiger partial charge < -0.3 is 0 Å². The lowest BCUT2D eigenvalue weighted by Gasteiger charge is -2.46. The molecule has 1 N–H and O–H groups in total. The number of halogens is 31. The normalized spacial score (nSPS) is 17.3. The SMILES string of the molecule is O=S(=O)(O)C(F)(F)C(F)(F)C(F)(F)C(F)(F)C(F)(F)C(F)(F)C(F)(F)C(F)(F)C(F)(F)C(F)(F)C(F)(F)C(F)(F)C(F)(F)C(F)(F)OC(F)(F)F. The van der Waals surface area contributed by atoms with Crippen LogP contribution in [0.5, 0.6) is 0 Å². The summed E-state index contributed by atoms with van der Waals surface area (Å²) < 4.78 is 442. The smallest absolute Gasteiger partial charge is 0.281 e. The molecule has 0 atom stereocenters. The number of rotatable bonds is 15. The van der Waals surface area contributed by atoms with E-state index in [4.69, 9.17) is 4.55 Å². The Morgan fingerprint density at radius 3 is 0.608 bits per heavy atom. The third-order valence-corrected chi connectivity index (χ3v) is 6.54. The molecule has 0 aliphatic heterocycles. The van der Waals surface area contributed by atoms with Crippen molar-refractivity contribution in [1.82, 2.24) is 0 Å². The van der Waals surface area contributed by atoms with E-state index in [9.17, 15) is 145 Å². The molecule has 0 aliphatic carbocycles. The van der Waals surface area contributed by atoms with Gasteiger partial charge in [0.1, 0.15) is 0 Å². The molecule has 0 heterocycles. The lowest BCUT2D eigenvalue weighted by atomic mass is 9.84. The minimum Gasteiger partial charge on any atom is -0.281 e. The van der Waals surface area contributed by atoms with Gasteiger partial charge in [0, 0.05) is 0 Å². The van der Waals surface area contributed by atoms with Crippen LogP contribution in [0.3, 0.4) is 0 Å². The number of hydrogen-bond acceptors (Lipinski definition) is 3. The fourth-order valence-electron chi connectivity index (χ4n) is 2.71. The van der Waals surface area contributed by atoms with Gasteiger partial charge in [-0.15, -0.1) is 13.2 Å². The maximum Gasteiger partial charge on any atom is 0.527 e. The molecule has 0 saturated carbocycles. The molecule has 4 nitrogen and oxygen atoms in total. The minimum absolute atomic E-state index is 0.837. The van der Waals surface area contributed by atoms with Crippen LogP contribution in [0.25, 0.3) is 0 Å². The average Bonchev–Trinajstić information content (AvgIpc) is 2.84. The Kier molecular flexibility index (Phi) is 11.1. The number of hydrogen-bond donors (Lipinski definition) is 1. The van der Waals surface area contributed by atoms with Crippen LogP contribution in [0, 0.1) is 0 Å². The van der Waals surface area contributed by atoms with Crippen molar-refractivity contribution < 1.29 is 154 Å². The van der Waals surface area contributed by atoms with E-state index >= 15 is 0 Å². The van der Waals surface area contributed by atoms with E-state index in [0.29, 0.717) is 0 Å². The third kappa shape index (κ3) is 5.92. The Morgan fingerprint density at radius 2 is 0.451 bits per heavy atom. The maximum absolute atomic E-state index is 13.7. The third-order valence-electron chi connectivity index (χ3n) is 5.64. The van der Waals surface area contributed by atoms with E-state index in [1.807, 2.05) is 0 Å². The van der Waals surface area contributed by atoms with Gasteiger partial charge in [-0.1, -0.05) is 0 Å². The molecule has 0 unspecified atom stereocenters. The first-order valence-corrected chi connectivity index (χ1v) is 11.7. The van der Waals surface area contributed by atoms with Gasteiger partial charge >= 0.3 is 98.9 Å². The second-order valence-electron chi connectivity index (χ2n) is 8.95. The largest absolute Gasteiger partial charge is 0.527 e. The summed E-state index contributed by atoms with van der Waals surface area (Å²) in [7, 11) is -8.40. The van der Waals surface area contributed by atoms with Crippen LogP contribution in [0.15, 0.2) is 0 Å². The maximum atomic E-state index is 13.7. The Morgan fingerprint density at radius 1 is 0.294 bits per heavy atom. The lowest BCUT2D eigenvalue weighted by Crippen LogP contribution is -2.79. The van der Waals surface area contributed by atoms with Crippen molar-refractivity contribution in [2.75, 3.05) is 0 Å². The second-order valence-corrected chi connectivity index (χ2v) is 10.4. The van der Waals surface area contributed by atoms with Gasteiger partial charge in [0.2, 0.25) is 0 Å². The average molecular weight is 866 g/mol. The predicted molar refractivity (Wildman–Crippen MR) is 87.9 cm³/mol. The van der Waals surface area contributed by atoms with Crippen LogP contribution in [-0.2, 0) is 14.9 Å². The van der Waals surface area contributed by atoms with Gasteiger partial charge in [0.05, 0.1) is 0 Å². The summed E-state index contributed by atoms with van der Waals surface area (Å²) in [5, 5.41) is -8.39. The van der Waals surface area contributed by atoms with E-state index in [1.165, 1.54) is 0 Å². The molecule has 36 heteroatoms. The van der Waals surface area contributed by atoms with Crippen molar-refractivity contribution in [1.29, 1.82) is 0 Å². The van der Waals surface area contributed by atoms with Crippen molar-refractivity contribution in [2.45, 2.75) is 88.8 Å². The first kappa shape index (κ1) is 48.7. The second kappa shape index (κ2) is 11.6. The molecule has 0 aromatic rings. The van der Waals surface area contributed by atoms with Crippen LogP contribution in [0.1, 0.15) is 0 Å². The van der Waals surface area contributed by atoms with Crippen LogP contribution in [-0.4, -0.2) is 102 Å². The molecule has 0 spiro atoms. The molecule has 0 aliphatic rings. The van der Waals surface area contributed by atoms with Crippen molar-refractivity contribution in [3.8, 4) is 0 Å². The zero-order valence-corrected chi connectivity index (χ0v) is 22.1. The molecule has 51 heavy (non-hydrogen) atoms. The number of alkyl halides is 31. The van der Waals surface area contributed by atoms with Crippen molar-refractivity contribution in [2.24, 2.45) is 0 Å². The summed E-state index contributed by atoms with van der Waals surface area (Å²) in [4.78, 5) is 0. The van der Waals surface area contributed by atoms with Gasteiger partial charge in [0.15, 0.2) is 0 Å². The summed E-state index contributed by atoms with van der Waals surface area (Å²) in [5.41, 5.74) is 0. The van der Waals surface area contributed by atoms with Crippen LogP contribution < -0.4 is 0 Å². The first-order chi connectivity index (χ1) is 21.2. The Hall–Kier alpha value is -2.30. The molecule has 0 bridgehead atoms. The van der Waals surface area contributed by atoms with Gasteiger partial charge in [-0.25, -0.2) is 4.74 Å². The lowest BCUT2D eigenvalue weighted by molar-refractivity contribution is -0.513. The van der Waals surface area contributed by atoms with Crippen LogP contribution in [0.2, 0.25) is 0 Å².